The van der Waals surface area contributed by atoms with Crippen LogP contribution in [-0.2, 0) is 4.74 Å². The van der Waals surface area contributed by atoms with Gasteiger partial charge in [0.2, 0.25) is 0 Å². The third kappa shape index (κ3) is 2.70. The van der Waals surface area contributed by atoms with Crippen molar-refractivity contribution in [2.24, 2.45) is 0 Å². The van der Waals surface area contributed by atoms with Gasteiger partial charge in [-0.1, -0.05) is 11.6 Å². The maximum absolute atomic E-state index is 8.78. The minimum Gasteiger partial charge on any atom is -0.394 e. The number of aliphatic hydroxyl groups is 1. The van der Waals surface area contributed by atoms with Crippen molar-refractivity contribution >= 4 is 23.2 Å². The van der Waals surface area contributed by atoms with Crippen LogP contribution in [0.4, 0.5) is 5.82 Å². The van der Waals surface area contributed by atoms with Crippen LogP contribution in [0.15, 0.2) is 12.4 Å². The highest BCUT2D eigenvalue weighted by molar-refractivity contribution is 6.29. The zero-order chi connectivity index (χ0) is 13.9. The highest BCUT2D eigenvalue weighted by atomic mass is 35.5. The molecule has 2 aromatic rings. The third-order valence-corrected chi connectivity index (χ3v) is 3.61. The maximum Gasteiger partial charge on any atom is 0.255 e. The summed E-state index contributed by atoms with van der Waals surface area (Å²) in [4.78, 5) is 10.4. The number of ether oxygens (including phenoxy) is 1. The van der Waals surface area contributed by atoms with E-state index in [0.717, 1.165) is 31.7 Å². The number of nitrogens with zero attached hydrogens (tertiary/aromatic N) is 5. The van der Waals surface area contributed by atoms with Gasteiger partial charge in [-0.2, -0.15) is 19.6 Å². The Balaban J connectivity index is 1.75. The van der Waals surface area contributed by atoms with E-state index in [0.29, 0.717) is 17.5 Å². The molecule has 20 heavy (non-hydrogen) atoms. The maximum atomic E-state index is 8.78. The van der Waals surface area contributed by atoms with Crippen molar-refractivity contribution in [3.8, 4) is 0 Å². The minimum absolute atomic E-state index is 0.0692. The van der Waals surface area contributed by atoms with Crippen LogP contribution >= 0.6 is 11.6 Å². The fourth-order valence-electron chi connectivity index (χ4n) is 2.46. The summed E-state index contributed by atoms with van der Waals surface area (Å²) >= 11 is 6.03. The van der Waals surface area contributed by atoms with Gasteiger partial charge in [-0.15, -0.1) is 0 Å². The van der Waals surface area contributed by atoms with Gasteiger partial charge in [0, 0.05) is 19.2 Å². The van der Waals surface area contributed by atoms with E-state index in [1.165, 1.54) is 6.33 Å². The largest absolute Gasteiger partial charge is 0.394 e. The Hall–Kier alpha value is -1.44. The van der Waals surface area contributed by atoms with Gasteiger partial charge >= 0.3 is 0 Å². The molecular weight excluding hydrogens is 282 g/mol. The summed E-state index contributed by atoms with van der Waals surface area (Å²) in [7, 11) is 0. The first kappa shape index (κ1) is 13.5. The number of hydrogen-bond acceptors (Lipinski definition) is 6. The van der Waals surface area contributed by atoms with Gasteiger partial charge in [0.1, 0.15) is 17.3 Å². The van der Waals surface area contributed by atoms with Crippen molar-refractivity contribution in [3.05, 3.63) is 17.5 Å². The van der Waals surface area contributed by atoms with Crippen LogP contribution in [-0.4, -0.2) is 57.1 Å². The molecule has 0 saturated carbocycles. The summed E-state index contributed by atoms with van der Waals surface area (Å²) in [6.07, 6.45) is 3.51. The molecule has 3 rings (SSSR count). The average molecular weight is 298 g/mol. The van der Waals surface area contributed by atoms with Crippen LogP contribution in [0.25, 0.3) is 5.78 Å². The molecule has 0 aromatic carbocycles. The number of hydrogen-bond donors (Lipinski definition) is 1. The lowest BCUT2D eigenvalue weighted by molar-refractivity contribution is 0.0158. The van der Waals surface area contributed by atoms with Crippen molar-refractivity contribution in [2.45, 2.75) is 18.9 Å². The second-order valence-electron chi connectivity index (χ2n) is 4.69. The van der Waals surface area contributed by atoms with E-state index in [9.17, 15) is 0 Å². The Labute approximate surface area is 121 Å². The Morgan fingerprint density at radius 1 is 1.40 bits per heavy atom. The lowest BCUT2D eigenvalue weighted by Gasteiger charge is -2.33. The van der Waals surface area contributed by atoms with Crippen LogP contribution < -0.4 is 4.90 Å². The second-order valence-corrected chi connectivity index (χ2v) is 5.08. The van der Waals surface area contributed by atoms with Gasteiger partial charge in [-0.3, -0.25) is 0 Å². The quantitative estimate of drug-likeness (QED) is 0.840. The average Bonchev–Trinajstić information content (AvgIpc) is 2.93. The van der Waals surface area contributed by atoms with Gasteiger partial charge in [-0.05, 0) is 12.8 Å². The van der Waals surface area contributed by atoms with Crippen LogP contribution in [0.2, 0.25) is 5.15 Å². The Kier molecular flexibility index (Phi) is 4.00. The van der Waals surface area contributed by atoms with E-state index < -0.39 is 0 Å². The number of anilines is 1. The molecule has 8 heteroatoms. The van der Waals surface area contributed by atoms with E-state index in [1.54, 1.807) is 10.6 Å². The summed E-state index contributed by atoms with van der Waals surface area (Å²) in [5.41, 5.74) is 0. The van der Waals surface area contributed by atoms with Crippen molar-refractivity contribution in [1.82, 2.24) is 19.6 Å². The van der Waals surface area contributed by atoms with Crippen molar-refractivity contribution in [2.75, 3.05) is 31.2 Å². The van der Waals surface area contributed by atoms with E-state index in [-0.39, 0.29) is 12.7 Å². The smallest absolute Gasteiger partial charge is 0.255 e. The molecule has 1 aliphatic heterocycles. The number of rotatable bonds is 4. The minimum atomic E-state index is 0.0692. The highest BCUT2D eigenvalue weighted by Gasteiger charge is 2.22. The lowest BCUT2D eigenvalue weighted by Crippen LogP contribution is -2.38. The van der Waals surface area contributed by atoms with Gasteiger partial charge in [-0.25, -0.2) is 0 Å². The molecule has 108 valence electrons. The molecular formula is C12H16ClN5O2. The SMILES string of the molecule is OCCOC1CCN(c2cc(Cl)nc3ncnn23)CC1. The topological polar surface area (TPSA) is 75.8 Å². The molecule has 1 aliphatic rings. The fraction of sp³-hybridized carbons (Fsp3) is 0.583. The monoisotopic (exact) mass is 297 g/mol. The van der Waals surface area contributed by atoms with Gasteiger partial charge in [0.05, 0.1) is 19.3 Å². The number of halogens is 1. The number of aromatic nitrogens is 4. The van der Waals surface area contributed by atoms with Crippen molar-refractivity contribution in [1.29, 1.82) is 0 Å². The molecule has 0 bridgehead atoms. The highest BCUT2D eigenvalue weighted by Crippen LogP contribution is 2.23. The first-order valence-electron chi connectivity index (χ1n) is 6.61. The summed E-state index contributed by atoms with van der Waals surface area (Å²) < 4.78 is 7.26. The van der Waals surface area contributed by atoms with Crippen LogP contribution in [0, 0.1) is 0 Å². The first-order valence-corrected chi connectivity index (χ1v) is 6.99. The standard InChI is InChI=1S/C12H16ClN5O2/c13-10-7-11(18-12(16-10)14-8-15-18)17-3-1-9(2-4-17)20-6-5-19/h7-9,19H,1-6H2. The molecule has 0 aliphatic carbocycles. The summed E-state index contributed by atoms with van der Waals surface area (Å²) in [6, 6.07) is 1.80. The molecule has 1 saturated heterocycles. The third-order valence-electron chi connectivity index (χ3n) is 3.41. The number of piperidine rings is 1. The van der Waals surface area contributed by atoms with Gasteiger partial charge in [0.15, 0.2) is 0 Å². The molecule has 7 nitrogen and oxygen atoms in total. The fourth-order valence-corrected chi connectivity index (χ4v) is 2.64. The van der Waals surface area contributed by atoms with Crippen LogP contribution in [0.5, 0.6) is 0 Å². The van der Waals surface area contributed by atoms with E-state index >= 15 is 0 Å². The molecule has 0 radical (unpaired) electrons. The summed E-state index contributed by atoms with van der Waals surface area (Å²) in [6.45, 7) is 2.18. The Bertz CT molecular complexity index is 582. The zero-order valence-corrected chi connectivity index (χ0v) is 11.7. The Morgan fingerprint density at radius 3 is 2.95 bits per heavy atom. The second kappa shape index (κ2) is 5.90. The van der Waals surface area contributed by atoms with E-state index in [2.05, 4.69) is 20.0 Å². The normalized spacial score (nSPS) is 17.0. The molecule has 3 heterocycles. The molecule has 1 fully saturated rings. The number of aliphatic hydroxyl groups excluding tert-OH is 1. The van der Waals surface area contributed by atoms with Crippen LogP contribution in [0.3, 0.4) is 0 Å². The van der Waals surface area contributed by atoms with Crippen molar-refractivity contribution < 1.29 is 9.84 Å². The van der Waals surface area contributed by atoms with Gasteiger partial charge in [0.25, 0.3) is 5.78 Å². The molecule has 0 atom stereocenters. The Morgan fingerprint density at radius 2 is 2.20 bits per heavy atom. The molecule has 0 unspecified atom stereocenters. The van der Waals surface area contributed by atoms with E-state index in [4.69, 9.17) is 21.4 Å². The van der Waals surface area contributed by atoms with Crippen LogP contribution in [0.1, 0.15) is 12.8 Å². The molecule has 2 aromatic heterocycles. The molecule has 0 amide bonds. The predicted octanol–water partition coefficient (Wildman–Crippen LogP) is 0.755. The summed E-state index contributed by atoms with van der Waals surface area (Å²) in [5.74, 6) is 1.41. The van der Waals surface area contributed by atoms with E-state index in [1.807, 2.05) is 0 Å². The first-order chi connectivity index (χ1) is 9.78. The molecule has 1 N–H and O–H groups in total. The molecule has 0 spiro atoms. The van der Waals surface area contributed by atoms with Crippen molar-refractivity contribution in [3.63, 3.8) is 0 Å². The lowest BCUT2D eigenvalue weighted by atomic mass is 10.1. The van der Waals surface area contributed by atoms with Gasteiger partial charge < -0.3 is 14.7 Å². The number of fused-ring (bicyclic) bond motifs is 1. The predicted molar refractivity (Wildman–Crippen MR) is 74.1 cm³/mol. The summed E-state index contributed by atoms with van der Waals surface area (Å²) in [5, 5.41) is 13.4. The zero-order valence-electron chi connectivity index (χ0n) is 10.9.